The molecule has 506 valence electrons. The van der Waals surface area contributed by atoms with Gasteiger partial charge in [-0.15, -0.1) is 0 Å². The van der Waals surface area contributed by atoms with E-state index in [-0.39, 0.29) is 17.1 Å². The van der Waals surface area contributed by atoms with Crippen molar-refractivity contribution in [1.29, 1.82) is 0 Å². The number of esters is 4. The molecule has 0 amide bonds. The number of ketones is 1. The van der Waals surface area contributed by atoms with E-state index in [4.69, 9.17) is 61.6 Å². The number of hydrogen-bond acceptors (Lipinski definition) is 32. The largest absolute Gasteiger partial charge is 0.508 e. The molecule has 5 saturated heterocycles. The van der Waals surface area contributed by atoms with Crippen LogP contribution in [0.4, 0.5) is 0 Å². The number of carbonyl (C=O) groups excluding carboxylic acids is 5. The Kier molecular flexibility index (Phi) is 24.8. The van der Waals surface area contributed by atoms with Gasteiger partial charge in [-0.05, 0) is 66.6 Å². The van der Waals surface area contributed by atoms with Crippen molar-refractivity contribution in [2.45, 2.75) is 161 Å². The first kappa shape index (κ1) is 71.3. The van der Waals surface area contributed by atoms with Crippen LogP contribution < -0.4 is 0 Å². The van der Waals surface area contributed by atoms with E-state index in [9.17, 15) is 95.5 Å². The van der Waals surface area contributed by atoms with Crippen molar-refractivity contribution < 1.29 is 157 Å². The van der Waals surface area contributed by atoms with Crippen molar-refractivity contribution in [3.8, 4) is 11.5 Å². The molecule has 0 aliphatic carbocycles. The van der Waals surface area contributed by atoms with Crippen LogP contribution in [0.2, 0.25) is 0 Å². The summed E-state index contributed by atoms with van der Waals surface area (Å²) in [5.41, 5.74) is 0.550. The van der Waals surface area contributed by atoms with Crippen molar-refractivity contribution in [2.75, 3.05) is 39.6 Å². The molecule has 5 aliphatic rings. The average Bonchev–Trinajstić information content (AvgIpc) is 1.38. The summed E-state index contributed by atoms with van der Waals surface area (Å²) in [7, 11) is 0. The van der Waals surface area contributed by atoms with E-state index in [1.807, 2.05) is 0 Å². The SMILES string of the molecule is CC(=O)C[C@@H]1[C@@H](O[C@@H]2O[C@H](CO)[C@H](O)[C@@H](O)[C@H]2O)[C@@H](O)[C@H](O[C@@H]2[C@@H](O[C@@H]3O[C@@H](CO)[C@@H](O)[C@H](O)[C@H]3O)[C@@H](O[C@@]3(COC(=O)/C=C/c4ccc(O)cc4)O[C@H](CO)[C@@H](O)[C@@H]3OC(=O)c3ccccc3)O[C@H](CO)[C@H]2OC(=O)/C=C/c2ccc(O)cc2)O[C@@H]1COC(C)=O. The molecule has 5 heterocycles. The lowest BCUT2D eigenvalue weighted by Gasteiger charge is -2.51. The maximum atomic E-state index is 14.2. The third-order valence-electron chi connectivity index (χ3n) is 15.6. The molecule has 0 aromatic heterocycles. The first-order chi connectivity index (χ1) is 43.9. The van der Waals surface area contributed by atoms with Crippen LogP contribution in [-0.4, -0.2) is 282 Å². The second-order valence-electron chi connectivity index (χ2n) is 22.1. The molecule has 32 nitrogen and oxygen atoms in total. The molecule has 5 aliphatic heterocycles. The van der Waals surface area contributed by atoms with Crippen LogP contribution in [0, 0.1) is 5.92 Å². The van der Waals surface area contributed by atoms with Gasteiger partial charge in [0, 0.05) is 31.4 Å². The second-order valence-corrected chi connectivity index (χ2v) is 22.1. The fraction of sp³-hybridized carbons (Fsp3) is 0.550. The standard InChI is InChI=1S/C60H74O32/c1-27(65)20-34-39(25-80-28(2)66)85-58(49(78)50(34)87-56-47(76)45(74)42(71)35(21-61)82-56)88-52-51(86-41(70)19-13-30-10-16-33(68)17-11-30)38(24-64)84-59(53(52)89-57-48(77)46(75)43(72)36(22-62)83-57)92-60(26-81-40(69)18-12-29-8-14-32(67)15-9-29)54(44(73)37(23-63)91-60)90-55(79)31-6-4-3-5-7-31/h3-19,34-39,42-54,56-59,61-64,67-68,71-78H,20-26H2,1-2H3/b18-12+,19-13+/t34-,35+,36-,37+,38+,39+,42-,43+,44+,45+,46-,47+,48+,49+,50+,51+,52-,53+,54-,56-,57-,58-,59+,60+/m0/s1. The number of benzene rings is 3. The van der Waals surface area contributed by atoms with Crippen LogP contribution in [0.1, 0.15) is 41.8 Å². The summed E-state index contributed by atoms with van der Waals surface area (Å²) in [6.45, 7) is -4.25. The predicted octanol–water partition coefficient (Wildman–Crippen LogP) is -4.31. The minimum atomic E-state index is -2.97. The van der Waals surface area contributed by atoms with Gasteiger partial charge >= 0.3 is 23.9 Å². The smallest absolute Gasteiger partial charge is 0.338 e. The monoisotopic (exact) mass is 1310 g/mol. The molecule has 92 heavy (non-hydrogen) atoms. The fourth-order valence-corrected chi connectivity index (χ4v) is 10.8. The Bertz CT molecular complexity index is 2970. The molecule has 14 N–H and O–H groups in total. The van der Waals surface area contributed by atoms with Gasteiger partial charge in [0.1, 0.15) is 122 Å². The summed E-state index contributed by atoms with van der Waals surface area (Å²) >= 11 is 0. The zero-order valence-electron chi connectivity index (χ0n) is 49.2. The second kappa shape index (κ2) is 32.1. The number of rotatable bonds is 25. The molecular weight excluding hydrogens is 1230 g/mol. The van der Waals surface area contributed by atoms with Crippen molar-refractivity contribution in [3.63, 3.8) is 0 Å². The molecule has 0 unspecified atom stereocenters. The van der Waals surface area contributed by atoms with Crippen molar-refractivity contribution in [1.82, 2.24) is 0 Å². The first-order valence-electron chi connectivity index (χ1n) is 28.9. The van der Waals surface area contributed by atoms with E-state index < -0.39 is 222 Å². The molecule has 32 heteroatoms. The highest BCUT2D eigenvalue weighted by molar-refractivity contribution is 5.90. The molecule has 5 fully saturated rings. The lowest BCUT2D eigenvalue weighted by Crippen LogP contribution is -2.69. The minimum Gasteiger partial charge on any atom is -0.508 e. The summed E-state index contributed by atoms with van der Waals surface area (Å²) in [5.74, 6) is -9.81. The Morgan fingerprint density at radius 2 is 0.978 bits per heavy atom. The molecular formula is C60H74O32. The summed E-state index contributed by atoms with van der Waals surface area (Å²) in [5, 5.41) is 153. The zero-order chi connectivity index (χ0) is 66.7. The Hall–Kier alpha value is -6.55. The van der Waals surface area contributed by atoms with E-state index in [2.05, 4.69) is 0 Å². The average molecular weight is 1310 g/mol. The molecule has 3 aromatic carbocycles. The maximum absolute atomic E-state index is 14.2. The predicted molar refractivity (Wildman–Crippen MR) is 301 cm³/mol. The van der Waals surface area contributed by atoms with Gasteiger partial charge in [-0.2, -0.15) is 0 Å². The summed E-state index contributed by atoms with van der Waals surface area (Å²) < 4.78 is 78.9. The van der Waals surface area contributed by atoms with Gasteiger partial charge in [0.05, 0.1) is 38.1 Å². The molecule has 24 atom stereocenters. The number of phenolic OH excluding ortho intramolecular Hbond substituents is 2. The Balaban J connectivity index is 1.29. The summed E-state index contributed by atoms with van der Waals surface area (Å²) in [6, 6.07) is 18.0. The van der Waals surface area contributed by atoms with Gasteiger partial charge in [-0.1, -0.05) is 42.5 Å². The zero-order valence-corrected chi connectivity index (χ0v) is 49.2. The first-order valence-corrected chi connectivity index (χ1v) is 28.9. The number of aromatic hydroxyl groups is 2. The van der Waals surface area contributed by atoms with Crippen molar-refractivity contribution >= 4 is 41.8 Å². The Morgan fingerprint density at radius 1 is 0.489 bits per heavy atom. The highest BCUT2D eigenvalue weighted by atomic mass is 16.8. The van der Waals surface area contributed by atoms with Crippen molar-refractivity contribution in [3.05, 3.63) is 108 Å². The van der Waals surface area contributed by atoms with Crippen LogP contribution in [0.15, 0.2) is 91.0 Å². The highest BCUT2D eigenvalue weighted by Gasteiger charge is 2.64. The van der Waals surface area contributed by atoms with Gasteiger partial charge in [0.25, 0.3) is 0 Å². The number of aliphatic hydroxyl groups excluding tert-OH is 12. The molecule has 0 spiro atoms. The Labute approximate surface area is 523 Å². The van der Waals surface area contributed by atoms with Crippen molar-refractivity contribution in [2.24, 2.45) is 5.92 Å². The van der Waals surface area contributed by atoms with Gasteiger partial charge in [-0.25, -0.2) is 14.4 Å². The lowest BCUT2D eigenvalue weighted by molar-refractivity contribution is -0.422. The van der Waals surface area contributed by atoms with E-state index in [1.54, 1.807) is 6.07 Å². The highest BCUT2D eigenvalue weighted by Crippen LogP contribution is 2.43. The van der Waals surface area contributed by atoms with E-state index in [0.29, 0.717) is 11.1 Å². The van der Waals surface area contributed by atoms with Gasteiger partial charge in [0.15, 0.2) is 37.4 Å². The number of Topliss-reactive ketones (excluding diaryl/α,β-unsaturated/α-hetero) is 1. The minimum absolute atomic E-state index is 0.105. The van der Waals surface area contributed by atoms with E-state index in [0.717, 1.165) is 26.0 Å². The van der Waals surface area contributed by atoms with Crippen LogP contribution in [-0.2, 0) is 80.8 Å². The molecule has 0 radical (unpaired) electrons. The molecule has 3 aromatic rings. The maximum Gasteiger partial charge on any atom is 0.338 e. The number of hydrogen-bond donors (Lipinski definition) is 14. The lowest BCUT2D eigenvalue weighted by atomic mass is 9.84. The third kappa shape index (κ3) is 17.0. The molecule has 8 rings (SSSR count). The van der Waals surface area contributed by atoms with Gasteiger partial charge < -0.3 is 138 Å². The number of aliphatic hydroxyl groups is 12. The normalized spacial score (nSPS) is 36.6. The number of carbonyl (C=O) groups is 5. The summed E-state index contributed by atoms with van der Waals surface area (Å²) in [4.78, 5) is 67.6. The quantitative estimate of drug-likeness (QED) is 0.0217. The summed E-state index contributed by atoms with van der Waals surface area (Å²) in [6.07, 6.45) is -42.7. The molecule has 0 saturated carbocycles. The van der Waals surface area contributed by atoms with E-state index >= 15 is 0 Å². The number of phenols is 2. The van der Waals surface area contributed by atoms with E-state index in [1.165, 1.54) is 84.9 Å². The van der Waals surface area contributed by atoms with Crippen LogP contribution in [0.3, 0.4) is 0 Å². The van der Waals surface area contributed by atoms with Crippen LogP contribution >= 0.6 is 0 Å². The fourth-order valence-electron chi connectivity index (χ4n) is 10.8. The van der Waals surface area contributed by atoms with Crippen LogP contribution in [0.5, 0.6) is 11.5 Å². The Morgan fingerprint density at radius 3 is 1.50 bits per heavy atom. The van der Waals surface area contributed by atoms with Gasteiger partial charge in [-0.3, -0.25) is 4.79 Å². The van der Waals surface area contributed by atoms with Gasteiger partial charge in [0.2, 0.25) is 5.79 Å². The van der Waals surface area contributed by atoms with Crippen LogP contribution in [0.25, 0.3) is 12.2 Å². The molecule has 0 bridgehead atoms. The third-order valence-corrected chi connectivity index (χ3v) is 15.6. The number of ether oxygens (including phenoxy) is 13. The topological polar surface area (TPSA) is 489 Å².